The topological polar surface area (TPSA) is 77.5 Å². The molecular weight excluding hydrogens is 288 g/mol. The standard InChI is InChI=1S/C16H26O6/c1-10(7-5-6-8-13(18)22-16(2,3)4)19-14-11(17)9-12-15(20-12)21-14/h6,8,10-12,14-15,17H,5,7,9H2,1-4H3/b8-6+/t10-,11+,12-,14-,15?/m1/s1. The normalized spacial score (nSPS) is 32.6. The van der Waals surface area contributed by atoms with Crippen molar-refractivity contribution in [2.75, 3.05) is 0 Å². The number of carbonyl (C=O) groups excluding carboxylic acids is 1. The Kier molecular flexibility index (Phi) is 5.60. The maximum Gasteiger partial charge on any atom is 0.330 e. The van der Waals surface area contributed by atoms with Crippen molar-refractivity contribution in [1.29, 1.82) is 0 Å². The lowest BCUT2D eigenvalue weighted by atomic mass is 10.1. The molecule has 2 heterocycles. The van der Waals surface area contributed by atoms with E-state index >= 15 is 0 Å². The molecule has 0 aromatic carbocycles. The van der Waals surface area contributed by atoms with Crippen LogP contribution in [0.1, 0.15) is 47.0 Å². The van der Waals surface area contributed by atoms with Crippen LogP contribution in [0.2, 0.25) is 0 Å². The molecule has 0 amide bonds. The van der Waals surface area contributed by atoms with E-state index in [4.69, 9.17) is 18.9 Å². The first kappa shape index (κ1) is 17.4. The molecule has 0 spiro atoms. The zero-order valence-electron chi connectivity index (χ0n) is 13.7. The Morgan fingerprint density at radius 1 is 1.41 bits per heavy atom. The van der Waals surface area contributed by atoms with Gasteiger partial charge in [0.1, 0.15) is 17.8 Å². The van der Waals surface area contributed by atoms with Gasteiger partial charge in [-0.1, -0.05) is 6.08 Å². The number of aliphatic hydroxyl groups is 1. The zero-order chi connectivity index (χ0) is 16.3. The zero-order valence-corrected chi connectivity index (χ0v) is 13.7. The molecule has 2 rings (SSSR count). The highest BCUT2D eigenvalue weighted by atomic mass is 16.8. The second kappa shape index (κ2) is 7.08. The van der Waals surface area contributed by atoms with Crippen LogP contribution in [0, 0.1) is 0 Å². The minimum absolute atomic E-state index is 0.0296. The average Bonchev–Trinajstić information content (AvgIpc) is 3.10. The van der Waals surface area contributed by atoms with Crippen molar-refractivity contribution in [3.05, 3.63) is 12.2 Å². The summed E-state index contributed by atoms with van der Waals surface area (Å²) < 4.78 is 21.5. The van der Waals surface area contributed by atoms with Crippen LogP contribution in [-0.4, -0.2) is 47.6 Å². The van der Waals surface area contributed by atoms with Crippen LogP contribution in [-0.2, 0) is 23.7 Å². The number of esters is 1. The Morgan fingerprint density at radius 2 is 2.14 bits per heavy atom. The lowest BCUT2D eigenvalue weighted by Crippen LogP contribution is -2.40. The Morgan fingerprint density at radius 3 is 2.82 bits per heavy atom. The lowest BCUT2D eigenvalue weighted by molar-refractivity contribution is -0.238. The van der Waals surface area contributed by atoms with Crippen molar-refractivity contribution < 1.29 is 28.8 Å². The Hall–Kier alpha value is -0.950. The minimum atomic E-state index is -0.650. The first-order valence-corrected chi connectivity index (χ1v) is 7.78. The van der Waals surface area contributed by atoms with E-state index in [1.807, 2.05) is 27.7 Å². The molecule has 0 aromatic heterocycles. The largest absolute Gasteiger partial charge is 0.457 e. The van der Waals surface area contributed by atoms with Gasteiger partial charge in [-0.3, -0.25) is 0 Å². The summed E-state index contributed by atoms with van der Waals surface area (Å²) in [6, 6.07) is 0. The van der Waals surface area contributed by atoms with Crippen molar-refractivity contribution in [1.82, 2.24) is 0 Å². The number of ether oxygens (including phenoxy) is 4. The fraction of sp³-hybridized carbons (Fsp3) is 0.812. The maximum atomic E-state index is 11.5. The van der Waals surface area contributed by atoms with E-state index in [0.29, 0.717) is 12.8 Å². The molecule has 126 valence electrons. The quantitative estimate of drug-likeness (QED) is 0.458. The molecule has 0 aromatic rings. The van der Waals surface area contributed by atoms with E-state index in [0.717, 1.165) is 6.42 Å². The van der Waals surface area contributed by atoms with Crippen LogP contribution in [0.5, 0.6) is 0 Å². The molecular formula is C16H26O6. The molecule has 5 atom stereocenters. The number of epoxide rings is 1. The predicted molar refractivity (Wildman–Crippen MR) is 78.9 cm³/mol. The smallest absolute Gasteiger partial charge is 0.330 e. The van der Waals surface area contributed by atoms with Gasteiger partial charge in [-0.25, -0.2) is 4.79 Å². The fourth-order valence-corrected chi connectivity index (χ4v) is 2.25. The summed E-state index contributed by atoms with van der Waals surface area (Å²) in [7, 11) is 0. The third-order valence-electron chi connectivity index (χ3n) is 3.36. The third-order valence-corrected chi connectivity index (χ3v) is 3.36. The molecule has 2 fully saturated rings. The van der Waals surface area contributed by atoms with E-state index in [1.54, 1.807) is 6.08 Å². The van der Waals surface area contributed by atoms with Gasteiger partial charge in [0.05, 0.1) is 6.10 Å². The first-order valence-electron chi connectivity index (χ1n) is 7.78. The summed E-state index contributed by atoms with van der Waals surface area (Å²) in [6.07, 6.45) is 3.62. The van der Waals surface area contributed by atoms with Crippen molar-refractivity contribution in [2.45, 2.75) is 83.5 Å². The van der Waals surface area contributed by atoms with E-state index in [1.165, 1.54) is 6.08 Å². The number of fused-ring (bicyclic) bond motifs is 1. The molecule has 0 bridgehead atoms. The highest BCUT2D eigenvalue weighted by Crippen LogP contribution is 2.36. The SMILES string of the molecule is C[C@H](CC/C=C/C(=O)OC(C)(C)C)O[C@@H]1OC2O[C@@H]2C[C@@H]1O. The highest BCUT2D eigenvalue weighted by molar-refractivity contribution is 5.82. The number of hydrogen-bond acceptors (Lipinski definition) is 6. The summed E-state index contributed by atoms with van der Waals surface area (Å²) in [5.41, 5.74) is -0.477. The molecule has 2 saturated heterocycles. The van der Waals surface area contributed by atoms with E-state index < -0.39 is 18.0 Å². The van der Waals surface area contributed by atoms with Gasteiger partial charge in [0, 0.05) is 12.5 Å². The van der Waals surface area contributed by atoms with Crippen LogP contribution in [0.3, 0.4) is 0 Å². The van der Waals surface area contributed by atoms with Gasteiger partial charge in [-0.05, 0) is 40.5 Å². The van der Waals surface area contributed by atoms with Gasteiger partial charge in [0.25, 0.3) is 0 Å². The molecule has 22 heavy (non-hydrogen) atoms. The lowest BCUT2D eigenvalue weighted by Gasteiger charge is -2.28. The average molecular weight is 314 g/mol. The number of rotatable bonds is 6. The van der Waals surface area contributed by atoms with Gasteiger partial charge in [-0.2, -0.15) is 0 Å². The van der Waals surface area contributed by atoms with Gasteiger partial charge < -0.3 is 24.1 Å². The van der Waals surface area contributed by atoms with Gasteiger partial charge in [-0.15, -0.1) is 0 Å². The second-order valence-electron chi connectivity index (χ2n) is 6.81. The number of allylic oxidation sites excluding steroid dienone is 1. The van der Waals surface area contributed by atoms with Crippen LogP contribution < -0.4 is 0 Å². The first-order chi connectivity index (χ1) is 10.2. The van der Waals surface area contributed by atoms with E-state index in [9.17, 15) is 9.90 Å². The third kappa shape index (κ3) is 5.68. The summed E-state index contributed by atoms with van der Waals surface area (Å²) in [4.78, 5) is 11.5. The number of aliphatic hydroxyl groups excluding tert-OH is 1. The van der Waals surface area contributed by atoms with Crippen LogP contribution >= 0.6 is 0 Å². The summed E-state index contributed by atoms with van der Waals surface area (Å²) in [5, 5.41) is 9.86. The minimum Gasteiger partial charge on any atom is -0.457 e. The molecule has 1 unspecified atom stereocenters. The highest BCUT2D eigenvalue weighted by Gasteiger charge is 2.50. The van der Waals surface area contributed by atoms with Gasteiger partial charge in [0.15, 0.2) is 12.6 Å². The number of carbonyl (C=O) groups is 1. The maximum absolute atomic E-state index is 11.5. The molecule has 2 aliphatic heterocycles. The van der Waals surface area contributed by atoms with Gasteiger partial charge >= 0.3 is 5.97 Å². The molecule has 6 nitrogen and oxygen atoms in total. The van der Waals surface area contributed by atoms with Crippen molar-refractivity contribution >= 4 is 5.97 Å². The Bertz CT molecular complexity index is 413. The molecule has 0 aliphatic carbocycles. The van der Waals surface area contributed by atoms with Crippen LogP contribution in [0.4, 0.5) is 0 Å². The monoisotopic (exact) mass is 314 g/mol. The summed E-state index contributed by atoms with van der Waals surface area (Å²) in [5.74, 6) is -0.343. The van der Waals surface area contributed by atoms with Crippen LogP contribution in [0.15, 0.2) is 12.2 Å². The fourth-order valence-electron chi connectivity index (χ4n) is 2.25. The molecule has 1 N–H and O–H groups in total. The molecule has 2 aliphatic rings. The predicted octanol–water partition coefficient (Wildman–Crippen LogP) is 1.90. The number of hydrogen-bond donors (Lipinski definition) is 1. The Balaban J connectivity index is 1.63. The van der Waals surface area contributed by atoms with Crippen molar-refractivity contribution in [3.8, 4) is 0 Å². The molecule has 6 heteroatoms. The van der Waals surface area contributed by atoms with Crippen molar-refractivity contribution in [3.63, 3.8) is 0 Å². The Labute approximate surface area is 131 Å². The van der Waals surface area contributed by atoms with Crippen molar-refractivity contribution in [2.24, 2.45) is 0 Å². The van der Waals surface area contributed by atoms with E-state index in [-0.39, 0.29) is 24.5 Å². The molecule has 0 radical (unpaired) electrons. The van der Waals surface area contributed by atoms with Crippen LogP contribution in [0.25, 0.3) is 0 Å². The summed E-state index contributed by atoms with van der Waals surface area (Å²) >= 11 is 0. The second-order valence-corrected chi connectivity index (χ2v) is 6.81. The van der Waals surface area contributed by atoms with Gasteiger partial charge in [0.2, 0.25) is 0 Å². The summed E-state index contributed by atoms with van der Waals surface area (Å²) in [6.45, 7) is 7.41. The van der Waals surface area contributed by atoms with E-state index in [2.05, 4.69) is 0 Å². The molecule has 0 saturated carbocycles.